The normalized spacial score (nSPS) is 19.2. The van der Waals surface area contributed by atoms with Crippen LogP contribution in [0.5, 0.6) is 0 Å². The highest BCUT2D eigenvalue weighted by atomic mass is 19.3. The Labute approximate surface area is 165 Å². The maximum atomic E-state index is 14.7. The maximum absolute atomic E-state index is 14.7. The van der Waals surface area contributed by atoms with Gasteiger partial charge in [0.25, 0.3) is 5.91 Å². The van der Waals surface area contributed by atoms with Gasteiger partial charge in [0.15, 0.2) is 0 Å². The second-order valence-corrected chi connectivity index (χ2v) is 6.72. The van der Waals surface area contributed by atoms with Crippen LogP contribution in [0, 0.1) is 17.1 Å². The minimum absolute atomic E-state index is 0.00711. The van der Waals surface area contributed by atoms with Crippen molar-refractivity contribution in [2.24, 2.45) is 0 Å². The summed E-state index contributed by atoms with van der Waals surface area (Å²) >= 11 is 0. The van der Waals surface area contributed by atoms with E-state index in [2.05, 4.69) is 0 Å². The molecular weight excluding hydrogens is 389 g/mol. The summed E-state index contributed by atoms with van der Waals surface area (Å²) in [6.45, 7) is 0.925. The average Bonchev–Trinajstić information content (AvgIpc) is 3.07. The third-order valence-corrected chi connectivity index (χ3v) is 4.83. The van der Waals surface area contributed by atoms with Gasteiger partial charge in [-0.3, -0.25) is 9.69 Å². The van der Waals surface area contributed by atoms with E-state index in [9.17, 15) is 22.8 Å². The molecule has 154 valence electrons. The number of hydrogen-bond donors (Lipinski definition) is 1. The van der Waals surface area contributed by atoms with Crippen LogP contribution in [0.1, 0.15) is 12.8 Å². The monoisotopic (exact) mass is 408 g/mol. The van der Waals surface area contributed by atoms with E-state index in [1.165, 1.54) is 17.0 Å². The van der Waals surface area contributed by atoms with Gasteiger partial charge in [-0.2, -0.15) is 14.0 Å². The van der Waals surface area contributed by atoms with Crippen molar-refractivity contribution in [2.45, 2.75) is 25.4 Å². The second-order valence-electron chi connectivity index (χ2n) is 6.72. The Morgan fingerprint density at radius 1 is 1.38 bits per heavy atom. The van der Waals surface area contributed by atoms with Crippen LogP contribution >= 0.6 is 0 Å². The van der Waals surface area contributed by atoms with Crippen molar-refractivity contribution in [1.29, 1.82) is 5.26 Å². The van der Waals surface area contributed by atoms with Gasteiger partial charge in [0, 0.05) is 19.2 Å². The Morgan fingerprint density at radius 2 is 2.10 bits per heavy atom. The zero-order chi connectivity index (χ0) is 21.0. The number of nitrogens with one attached hydrogen (secondary N) is 1. The average molecular weight is 408 g/mol. The van der Waals surface area contributed by atoms with Crippen LogP contribution in [0.3, 0.4) is 0 Å². The van der Waals surface area contributed by atoms with Crippen LogP contribution in [0.2, 0.25) is 0 Å². The molecule has 1 aromatic carbocycles. The smallest absolute Gasteiger partial charge is 0.414 e. The topological polar surface area (TPSA) is 85.7 Å². The summed E-state index contributed by atoms with van der Waals surface area (Å²) in [6, 6.07) is 6.38. The Morgan fingerprint density at radius 3 is 2.72 bits per heavy atom. The highest BCUT2D eigenvalue weighted by Gasteiger charge is 2.33. The third kappa shape index (κ3) is 4.80. The van der Waals surface area contributed by atoms with E-state index in [0.717, 1.165) is 5.57 Å². The van der Waals surface area contributed by atoms with Gasteiger partial charge < -0.3 is 15.0 Å². The van der Waals surface area contributed by atoms with E-state index in [1.807, 2.05) is 16.3 Å². The number of nitriles is 1. The number of rotatable bonds is 5. The molecule has 0 unspecified atom stereocenters. The van der Waals surface area contributed by atoms with E-state index in [1.54, 1.807) is 12.1 Å². The van der Waals surface area contributed by atoms with E-state index in [4.69, 9.17) is 10.00 Å². The SMILES string of the molecule is N#CC=C1CCN(c2ccc(N3C[C@H](CNC(=O)C(F)F)OC3=O)cc2F)CC1. The number of benzene rings is 1. The Balaban J connectivity index is 1.63. The molecule has 2 saturated heterocycles. The number of piperidine rings is 1. The summed E-state index contributed by atoms with van der Waals surface area (Å²) in [5.41, 5.74) is 1.71. The molecule has 2 amide bonds. The van der Waals surface area contributed by atoms with Crippen molar-refractivity contribution >= 4 is 23.4 Å². The van der Waals surface area contributed by atoms with Gasteiger partial charge in [0.1, 0.15) is 11.9 Å². The molecule has 3 rings (SSSR count). The molecule has 0 saturated carbocycles. The van der Waals surface area contributed by atoms with Gasteiger partial charge in [-0.1, -0.05) is 5.57 Å². The summed E-state index contributed by atoms with van der Waals surface area (Å²) in [6.07, 6.45) is -1.81. The van der Waals surface area contributed by atoms with Gasteiger partial charge in [-0.05, 0) is 31.0 Å². The summed E-state index contributed by atoms with van der Waals surface area (Å²) < 4.78 is 44.2. The lowest BCUT2D eigenvalue weighted by Crippen LogP contribution is -2.37. The maximum Gasteiger partial charge on any atom is 0.414 e. The number of hydrogen-bond acceptors (Lipinski definition) is 5. The van der Waals surface area contributed by atoms with Crippen LogP contribution < -0.4 is 15.1 Å². The summed E-state index contributed by atoms with van der Waals surface area (Å²) in [5.74, 6) is -1.94. The quantitative estimate of drug-likeness (QED) is 0.757. The molecule has 1 atom stereocenters. The van der Waals surface area contributed by atoms with Crippen molar-refractivity contribution in [1.82, 2.24) is 5.32 Å². The molecule has 2 aliphatic rings. The van der Waals surface area contributed by atoms with Gasteiger partial charge in [0.05, 0.1) is 30.5 Å². The first-order valence-corrected chi connectivity index (χ1v) is 9.05. The van der Waals surface area contributed by atoms with E-state index >= 15 is 0 Å². The van der Waals surface area contributed by atoms with Gasteiger partial charge in [-0.25, -0.2) is 9.18 Å². The van der Waals surface area contributed by atoms with Crippen LogP contribution in [-0.4, -0.2) is 50.7 Å². The molecule has 2 heterocycles. The van der Waals surface area contributed by atoms with Crippen LogP contribution in [0.25, 0.3) is 0 Å². The standard InChI is InChI=1S/C19H19F3N4O3/c20-15-9-13(1-2-16(15)25-7-4-12(3-6-23)5-8-25)26-11-14(29-19(26)28)10-24-18(27)17(21)22/h1-3,9,14,17H,4-5,7-8,10-11H2,(H,24,27)/t14-/m0/s1. The largest absolute Gasteiger partial charge is 0.442 e. The van der Waals surface area contributed by atoms with Gasteiger partial charge >= 0.3 is 12.5 Å². The molecule has 2 fully saturated rings. The Kier molecular flexibility index (Phi) is 6.26. The highest BCUT2D eigenvalue weighted by molar-refractivity contribution is 5.90. The summed E-state index contributed by atoms with van der Waals surface area (Å²) in [4.78, 5) is 26.0. The fourth-order valence-electron chi connectivity index (χ4n) is 3.32. The van der Waals surface area contributed by atoms with E-state index < -0.39 is 30.3 Å². The number of allylic oxidation sites excluding steroid dienone is 1. The van der Waals surface area contributed by atoms with Gasteiger partial charge in [-0.15, -0.1) is 0 Å². The van der Waals surface area contributed by atoms with Crippen molar-refractivity contribution < 1.29 is 27.5 Å². The molecule has 0 aromatic heterocycles. The number of ether oxygens (including phenoxy) is 1. The molecule has 10 heteroatoms. The second kappa shape index (κ2) is 8.86. The van der Waals surface area contributed by atoms with Crippen molar-refractivity contribution in [2.75, 3.05) is 36.0 Å². The number of alkyl halides is 2. The lowest BCUT2D eigenvalue weighted by atomic mass is 10.0. The molecule has 1 N–H and O–H groups in total. The minimum atomic E-state index is -3.15. The van der Waals surface area contributed by atoms with Crippen molar-refractivity contribution in [3.05, 3.63) is 35.7 Å². The lowest BCUT2D eigenvalue weighted by molar-refractivity contribution is -0.132. The number of nitrogens with zero attached hydrogens (tertiary/aromatic N) is 3. The lowest BCUT2D eigenvalue weighted by Gasteiger charge is -2.30. The number of amides is 2. The minimum Gasteiger partial charge on any atom is -0.442 e. The zero-order valence-corrected chi connectivity index (χ0v) is 15.4. The Hall–Kier alpha value is -3.22. The predicted octanol–water partition coefficient (Wildman–Crippen LogP) is 2.58. The number of carbonyl (C=O) groups is 2. The predicted molar refractivity (Wildman–Crippen MR) is 98.2 cm³/mol. The highest BCUT2D eigenvalue weighted by Crippen LogP contribution is 2.30. The van der Waals surface area contributed by atoms with Crippen molar-refractivity contribution in [3.63, 3.8) is 0 Å². The number of halogens is 3. The molecule has 0 aliphatic carbocycles. The van der Waals surface area contributed by atoms with Crippen LogP contribution in [-0.2, 0) is 9.53 Å². The molecule has 1 aromatic rings. The van der Waals surface area contributed by atoms with E-state index in [-0.39, 0.29) is 18.8 Å². The summed E-state index contributed by atoms with van der Waals surface area (Å²) in [7, 11) is 0. The molecular formula is C19H19F3N4O3. The fourth-order valence-corrected chi connectivity index (χ4v) is 3.32. The first kappa shape index (κ1) is 20.5. The first-order chi connectivity index (χ1) is 13.9. The third-order valence-electron chi connectivity index (χ3n) is 4.83. The van der Waals surface area contributed by atoms with E-state index in [0.29, 0.717) is 31.6 Å². The number of cyclic esters (lactones) is 1. The molecule has 0 radical (unpaired) electrons. The van der Waals surface area contributed by atoms with Crippen molar-refractivity contribution in [3.8, 4) is 6.07 Å². The Bertz CT molecular complexity index is 859. The van der Waals surface area contributed by atoms with Gasteiger partial charge in [0.2, 0.25) is 0 Å². The van der Waals surface area contributed by atoms with Crippen LogP contribution in [0.15, 0.2) is 29.8 Å². The molecule has 29 heavy (non-hydrogen) atoms. The molecule has 0 spiro atoms. The molecule has 7 nitrogen and oxygen atoms in total. The summed E-state index contributed by atoms with van der Waals surface area (Å²) in [5, 5.41) is 10.7. The number of anilines is 2. The number of carbonyl (C=O) groups excluding carboxylic acids is 2. The van der Waals surface area contributed by atoms with Crippen LogP contribution in [0.4, 0.5) is 29.3 Å². The molecule has 2 aliphatic heterocycles. The fraction of sp³-hybridized carbons (Fsp3) is 0.421. The first-order valence-electron chi connectivity index (χ1n) is 9.05. The molecule has 0 bridgehead atoms. The zero-order valence-electron chi connectivity index (χ0n) is 15.4.